The van der Waals surface area contributed by atoms with Gasteiger partial charge in [0.05, 0.1) is 20.4 Å². The van der Waals surface area contributed by atoms with E-state index in [9.17, 15) is 14.7 Å². The van der Waals surface area contributed by atoms with E-state index in [-0.39, 0.29) is 17.4 Å². The van der Waals surface area contributed by atoms with Gasteiger partial charge in [-0.3, -0.25) is 0 Å². The SMILES string of the molecule is CCCN(CCC)C(=O)O/C(=C/C(O)[Si](C)(C)C(C)(C)C)C(=O)OCC. The maximum absolute atomic E-state index is 12.5. The number of carbonyl (C=O) groups excluding carboxylic acids is 2. The van der Waals surface area contributed by atoms with Gasteiger partial charge < -0.3 is 19.5 Å². The van der Waals surface area contributed by atoms with Gasteiger partial charge in [-0.25, -0.2) is 9.59 Å². The van der Waals surface area contributed by atoms with Crippen molar-refractivity contribution in [1.82, 2.24) is 4.90 Å². The number of amides is 1. The van der Waals surface area contributed by atoms with Crippen LogP contribution in [0.2, 0.25) is 18.1 Å². The lowest BCUT2D eigenvalue weighted by molar-refractivity contribution is -0.141. The third-order valence-corrected chi connectivity index (χ3v) is 10.4. The highest BCUT2D eigenvalue weighted by atomic mass is 28.3. The maximum atomic E-state index is 12.5. The lowest BCUT2D eigenvalue weighted by atomic mass is 10.2. The van der Waals surface area contributed by atoms with E-state index in [1.54, 1.807) is 11.8 Å². The quantitative estimate of drug-likeness (QED) is 0.279. The molecule has 1 N–H and O–H groups in total. The van der Waals surface area contributed by atoms with E-state index in [1.165, 1.54) is 6.08 Å². The van der Waals surface area contributed by atoms with Crippen molar-refractivity contribution in [3.05, 3.63) is 11.8 Å². The molecular weight excluding hydrogens is 350 g/mol. The van der Waals surface area contributed by atoms with Gasteiger partial charge in [0, 0.05) is 13.1 Å². The first-order valence-corrected chi connectivity index (χ1v) is 12.5. The van der Waals surface area contributed by atoms with E-state index in [1.807, 2.05) is 26.9 Å². The summed E-state index contributed by atoms with van der Waals surface area (Å²) in [4.78, 5) is 26.3. The number of aliphatic hydroxyl groups is 1. The molecule has 0 aliphatic rings. The maximum Gasteiger partial charge on any atom is 0.415 e. The molecule has 1 amide bonds. The van der Waals surface area contributed by atoms with Crippen LogP contribution < -0.4 is 0 Å². The molecule has 0 aromatic heterocycles. The Hall–Kier alpha value is -1.34. The molecule has 0 saturated heterocycles. The smallest absolute Gasteiger partial charge is 0.415 e. The first-order chi connectivity index (χ1) is 11.9. The van der Waals surface area contributed by atoms with Crippen LogP contribution >= 0.6 is 0 Å². The second-order valence-corrected chi connectivity index (χ2v) is 13.6. The van der Waals surface area contributed by atoms with Crippen molar-refractivity contribution in [3.8, 4) is 0 Å². The van der Waals surface area contributed by atoms with Gasteiger partial charge in [0.25, 0.3) is 0 Å². The van der Waals surface area contributed by atoms with E-state index in [0.29, 0.717) is 13.1 Å². The number of rotatable bonds is 9. The Bertz CT molecular complexity index is 491. The minimum absolute atomic E-state index is 0.0941. The highest BCUT2D eigenvalue weighted by Gasteiger charge is 2.41. The molecule has 0 radical (unpaired) electrons. The first-order valence-electron chi connectivity index (χ1n) is 9.46. The zero-order chi connectivity index (χ0) is 20.5. The molecule has 152 valence electrons. The molecule has 26 heavy (non-hydrogen) atoms. The Labute approximate surface area is 159 Å². The van der Waals surface area contributed by atoms with Crippen molar-refractivity contribution in [2.75, 3.05) is 19.7 Å². The van der Waals surface area contributed by atoms with Crippen molar-refractivity contribution in [1.29, 1.82) is 0 Å². The zero-order valence-corrected chi connectivity index (χ0v) is 18.7. The number of esters is 1. The number of nitrogens with zero attached hydrogens (tertiary/aromatic N) is 1. The summed E-state index contributed by atoms with van der Waals surface area (Å²) in [6.45, 7) is 17.2. The van der Waals surface area contributed by atoms with E-state index in [0.717, 1.165) is 12.8 Å². The van der Waals surface area contributed by atoms with E-state index in [4.69, 9.17) is 9.47 Å². The van der Waals surface area contributed by atoms with E-state index in [2.05, 4.69) is 20.8 Å². The van der Waals surface area contributed by atoms with Gasteiger partial charge in [-0.05, 0) is 30.9 Å². The predicted octanol–water partition coefficient (Wildman–Crippen LogP) is 4.10. The Morgan fingerprint density at radius 1 is 1.12 bits per heavy atom. The molecule has 0 aromatic rings. The normalized spacial score (nSPS) is 14.0. The summed E-state index contributed by atoms with van der Waals surface area (Å²) < 4.78 is 10.4. The Balaban J connectivity index is 5.60. The van der Waals surface area contributed by atoms with Crippen LogP contribution in [0.5, 0.6) is 0 Å². The monoisotopic (exact) mass is 387 g/mol. The summed E-state index contributed by atoms with van der Waals surface area (Å²) in [5.74, 6) is -0.960. The number of ether oxygens (including phenoxy) is 2. The van der Waals surface area contributed by atoms with Crippen molar-refractivity contribution >= 4 is 20.1 Å². The molecule has 7 heteroatoms. The fourth-order valence-corrected chi connectivity index (χ4v) is 3.59. The molecule has 0 bridgehead atoms. The number of aliphatic hydroxyl groups excluding tert-OH is 1. The van der Waals surface area contributed by atoms with Crippen LogP contribution in [0.3, 0.4) is 0 Å². The molecule has 1 atom stereocenters. The number of carbonyl (C=O) groups is 2. The van der Waals surface area contributed by atoms with Crippen LogP contribution in [-0.2, 0) is 14.3 Å². The third kappa shape index (κ3) is 7.11. The minimum atomic E-state index is -2.18. The van der Waals surface area contributed by atoms with Crippen LogP contribution in [0, 0.1) is 0 Å². The van der Waals surface area contributed by atoms with Gasteiger partial charge >= 0.3 is 12.1 Å². The Morgan fingerprint density at radius 2 is 1.62 bits per heavy atom. The number of hydrogen-bond acceptors (Lipinski definition) is 5. The summed E-state index contributed by atoms with van der Waals surface area (Å²) in [6.07, 6.45) is 2.35. The van der Waals surface area contributed by atoms with Crippen LogP contribution in [0.4, 0.5) is 4.79 Å². The summed E-state index contributed by atoms with van der Waals surface area (Å²) in [5, 5.41) is 10.6. The number of hydrogen-bond donors (Lipinski definition) is 1. The van der Waals surface area contributed by atoms with Gasteiger partial charge in [-0.15, -0.1) is 0 Å². The standard InChI is InChI=1S/C19H37NO5Si/c1-9-12-20(13-10-2)18(23)25-15(17(22)24-11-3)14-16(21)26(7,8)19(4,5)6/h14,16,21H,9-13H2,1-8H3/b15-14+. The molecule has 0 aromatic carbocycles. The van der Waals surface area contributed by atoms with Crippen molar-refractivity contribution in [3.63, 3.8) is 0 Å². The van der Waals surface area contributed by atoms with Crippen LogP contribution in [-0.4, -0.2) is 55.6 Å². The zero-order valence-electron chi connectivity index (χ0n) is 17.7. The van der Waals surface area contributed by atoms with E-state index >= 15 is 0 Å². The van der Waals surface area contributed by atoms with Gasteiger partial charge in [-0.1, -0.05) is 47.7 Å². The average Bonchev–Trinajstić information content (AvgIpc) is 2.52. The molecule has 0 heterocycles. The Kier molecular flexibility index (Phi) is 10.2. The Morgan fingerprint density at radius 3 is 2.00 bits per heavy atom. The summed E-state index contributed by atoms with van der Waals surface area (Å²) in [5.41, 5.74) is -0.847. The predicted molar refractivity (Wildman–Crippen MR) is 107 cm³/mol. The third-order valence-electron chi connectivity index (χ3n) is 4.90. The lowest BCUT2D eigenvalue weighted by Gasteiger charge is -2.39. The fourth-order valence-electron chi connectivity index (χ4n) is 2.13. The molecule has 0 aliphatic carbocycles. The summed E-state index contributed by atoms with van der Waals surface area (Å²) in [7, 11) is -2.18. The van der Waals surface area contributed by atoms with Crippen LogP contribution in [0.25, 0.3) is 0 Å². The van der Waals surface area contributed by atoms with Crippen molar-refractivity contribution in [2.45, 2.75) is 78.2 Å². The van der Waals surface area contributed by atoms with Crippen molar-refractivity contribution < 1.29 is 24.2 Å². The van der Waals surface area contributed by atoms with E-state index < -0.39 is 25.9 Å². The molecule has 0 fully saturated rings. The highest BCUT2D eigenvalue weighted by Crippen LogP contribution is 2.38. The van der Waals surface area contributed by atoms with Crippen LogP contribution in [0.15, 0.2) is 11.8 Å². The lowest BCUT2D eigenvalue weighted by Crippen LogP contribution is -2.48. The molecule has 0 rings (SSSR count). The van der Waals surface area contributed by atoms with Gasteiger partial charge in [0.15, 0.2) is 0 Å². The molecule has 0 spiro atoms. The topological polar surface area (TPSA) is 76.1 Å². The summed E-state index contributed by atoms with van der Waals surface area (Å²) >= 11 is 0. The fraction of sp³-hybridized carbons (Fsp3) is 0.789. The molecule has 1 unspecified atom stereocenters. The molecular formula is C19H37NO5Si. The summed E-state index contributed by atoms with van der Waals surface area (Å²) in [6, 6.07) is 0. The van der Waals surface area contributed by atoms with Gasteiger partial charge in [-0.2, -0.15) is 0 Å². The minimum Gasteiger partial charge on any atom is -0.460 e. The van der Waals surface area contributed by atoms with Gasteiger partial charge in [0.1, 0.15) is 0 Å². The molecule has 6 nitrogen and oxygen atoms in total. The van der Waals surface area contributed by atoms with Crippen LogP contribution in [0.1, 0.15) is 54.4 Å². The largest absolute Gasteiger partial charge is 0.460 e. The average molecular weight is 388 g/mol. The molecule has 0 aliphatic heterocycles. The van der Waals surface area contributed by atoms with Gasteiger partial charge in [0.2, 0.25) is 5.76 Å². The molecule has 0 saturated carbocycles. The highest BCUT2D eigenvalue weighted by molar-refractivity contribution is 6.81. The second kappa shape index (κ2) is 10.7. The van der Waals surface area contributed by atoms with Crippen molar-refractivity contribution in [2.24, 2.45) is 0 Å². The first kappa shape index (κ1) is 24.7. The second-order valence-electron chi connectivity index (χ2n) is 8.02.